The van der Waals surface area contributed by atoms with Gasteiger partial charge >= 0.3 is 11.8 Å². The molecule has 1 saturated heterocycles. The maximum Gasteiger partial charge on any atom is 0.316 e. The number of nitrogens with zero attached hydrogens (tertiary/aromatic N) is 2. The summed E-state index contributed by atoms with van der Waals surface area (Å²) >= 11 is 0. The van der Waals surface area contributed by atoms with E-state index >= 15 is 0 Å². The lowest BCUT2D eigenvalue weighted by Crippen LogP contribution is -2.41. The number of primary amides is 1. The highest BCUT2D eigenvalue weighted by Crippen LogP contribution is 2.28. The van der Waals surface area contributed by atoms with Crippen molar-refractivity contribution in [3.05, 3.63) is 72.3 Å². The summed E-state index contributed by atoms with van der Waals surface area (Å²) < 4.78 is 28.3. The Balaban J connectivity index is 1.35. The van der Waals surface area contributed by atoms with Gasteiger partial charge in [0.05, 0.1) is 4.90 Å². The molecular weight excluding hydrogens is 474 g/mol. The van der Waals surface area contributed by atoms with E-state index in [0.717, 1.165) is 42.0 Å². The van der Waals surface area contributed by atoms with Gasteiger partial charge in [0.15, 0.2) is 0 Å². The van der Waals surface area contributed by atoms with Crippen LogP contribution in [0.2, 0.25) is 0 Å². The number of sulfonamides is 1. The highest BCUT2D eigenvalue weighted by Gasteiger charge is 2.30. The summed E-state index contributed by atoms with van der Waals surface area (Å²) in [6, 6.07) is 20.5. The van der Waals surface area contributed by atoms with Crippen molar-refractivity contribution >= 4 is 38.3 Å². The van der Waals surface area contributed by atoms with Crippen molar-refractivity contribution < 1.29 is 18.0 Å². The number of hydrogen-bond donors (Lipinski definition) is 1. The van der Waals surface area contributed by atoms with E-state index in [4.69, 9.17) is 5.73 Å². The van der Waals surface area contributed by atoms with Gasteiger partial charge in [-0.05, 0) is 73.6 Å². The lowest BCUT2D eigenvalue weighted by molar-refractivity contribution is -0.135. The van der Waals surface area contributed by atoms with Crippen molar-refractivity contribution in [1.29, 1.82) is 0 Å². The van der Waals surface area contributed by atoms with E-state index in [2.05, 4.69) is 0 Å². The molecule has 1 fully saturated rings. The number of rotatable bonds is 8. The largest absolute Gasteiger partial charge is 0.361 e. The molecule has 1 unspecified atom stereocenters. The predicted molar refractivity (Wildman–Crippen MR) is 142 cm³/mol. The summed E-state index contributed by atoms with van der Waals surface area (Å²) in [6.07, 6.45) is 4.18. The molecule has 2 amide bonds. The third-order valence-corrected chi connectivity index (χ3v) is 8.75. The van der Waals surface area contributed by atoms with Gasteiger partial charge < -0.3 is 10.6 Å². The van der Waals surface area contributed by atoms with Crippen molar-refractivity contribution in [1.82, 2.24) is 4.31 Å². The fourth-order valence-electron chi connectivity index (χ4n) is 4.87. The fourth-order valence-corrected chi connectivity index (χ4v) is 6.46. The summed E-state index contributed by atoms with van der Waals surface area (Å²) in [5.41, 5.74) is 6.98. The van der Waals surface area contributed by atoms with E-state index in [1.54, 1.807) is 16.4 Å². The zero-order valence-electron chi connectivity index (χ0n) is 20.6. The van der Waals surface area contributed by atoms with Crippen molar-refractivity contribution in [3.8, 4) is 0 Å². The molecular formula is C28H33N3O4S. The smallest absolute Gasteiger partial charge is 0.316 e. The van der Waals surface area contributed by atoms with Crippen LogP contribution < -0.4 is 10.6 Å². The number of piperidine rings is 1. The molecule has 36 heavy (non-hydrogen) atoms. The fraction of sp³-hybridized carbons (Fsp3) is 0.357. The molecule has 3 aromatic rings. The molecule has 0 aliphatic carbocycles. The van der Waals surface area contributed by atoms with Gasteiger partial charge in [-0.3, -0.25) is 9.59 Å². The van der Waals surface area contributed by atoms with Crippen LogP contribution in [0.4, 0.5) is 5.69 Å². The summed E-state index contributed by atoms with van der Waals surface area (Å²) in [6.45, 7) is 3.37. The lowest BCUT2D eigenvalue weighted by atomic mass is 9.94. The van der Waals surface area contributed by atoms with Crippen LogP contribution in [0.5, 0.6) is 0 Å². The minimum Gasteiger partial charge on any atom is -0.361 e. The molecule has 1 atom stereocenters. The Morgan fingerprint density at radius 3 is 2.44 bits per heavy atom. The van der Waals surface area contributed by atoms with Crippen LogP contribution in [0.1, 0.15) is 37.7 Å². The highest BCUT2D eigenvalue weighted by molar-refractivity contribution is 7.89. The Labute approximate surface area is 212 Å². The van der Waals surface area contributed by atoms with E-state index in [-0.39, 0.29) is 5.92 Å². The lowest BCUT2D eigenvalue weighted by Gasteiger charge is -2.32. The molecule has 0 spiro atoms. The van der Waals surface area contributed by atoms with Gasteiger partial charge in [0.25, 0.3) is 0 Å². The molecule has 0 bridgehead atoms. The van der Waals surface area contributed by atoms with Crippen molar-refractivity contribution in [3.63, 3.8) is 0 Å². The maximum atomic E-state index is 13.4. The van der Waals surface area contributed by atoms with Gasteiger partial charge in [0, 0.05) is 25.3 Å². The van der Waals surface area contributed by atoms with Gasteiger partial charge in [-0.2, -0.15) is 4.31 Å². The Hall–Kier alpha value is -3.23. The average molecular weight is 508 g/mol. The van der Waals surface area contributed by atoms with Gasteiger partial charge in [0.1, 0.15) is 0 Å². The third-order valence-electron chi connectivity index (χ3n) is 6.89. The first kappa shape index (κ1) is 25.9. The van der Waals surface area contributed by atoms with E-state index in [0.29, 0.717) is 36.6 Å². The Morgan fingerprint density at radius 1 is 1.00 bits per heavy atom. The summed E-state index contributed by atoms with van der Waals surface area (Å²) in [4.78, 5) is 25.7. The van der Waals surface area contributed by atoms with Crippen molar-refractivity contribution in [2.45, 2.75) is 43.9 Å². The number of anilines is 1. The molecule has 1 heterocycles. The minimum absolute atomic E-state index is 0.258. The number of benzene rings is 3. The monoisotopic (exact) mass is 507 g/mol. The SMILES string of the molecule is Cc1ccc(N(CCCCC2CCCN(S(=O)(=O)c3ccc4ccccc4c3)C2)C(=O)C(N)=O)cc1. The second kappa shape index (κ2) is 11.2. The van der Waals surface area contributed by atoms with Crippen molar-refractivity contribution in [2.75, 3.05) is 24.5 Å². The number of unbranched alkanes of at least 4 members (excludes halogenated alkanes) is 1. The minimum atomic E-state index is -3.56. The second-order valence-electron chi connectivity index (χ2n) is 9.53. The normalized spacial score (nSPS) is 16.6. The molecule has 3 aromatic carbocycles. The average Bonchev–Trinajstić information content (AvgIpc) is 2.89. The Kier molecular flexibility index (Phi) is 8.06. The van der Waals surface area contributed by atoms with Gasteiger partial charge in [-0.15, -0.1) is 0 Å². The van der Waals surface area contributed by atoms with E-state index in [1.165, 1.54) is 4.90 Å². The molecule has 0 aromatic heterocycles. The van der Waals surface area contributed by atoms with Crippen LogP contribution >= 0.6 is 0 Å². The number of nitrogens with two attached hydrogens (primary N) is 1. The predicted octanol–water partition coefficient (Wildman–Crippen LogP) is 4.24. The van der Waals surface area contributed by atoms with E-state index in [1.807, 2.05) is 61.5 Å². The molecule has 0 radical (unpaired) electrons. The van der Waals surface area contributed by atoms with Gasteiger partial charge in [-0.1, -0.05) is 54.4 Å². The molecule has 7 nitrogen and oxygen atoms in total. The first-order chi connectivity index (χ1) is 17.3. The van der Waals surface area contributed by atoms with Crippen LogP contribution in [0.15, 0.2) is 71.6 Å². The molecule has 1 aliphatic heterocycles. The number of fused-ring (bicyclic) bond motifs is 1. The van der Waals surface area contributed by atoms with Crippen LogP contribution in [0.25, 0.3) is 10.8 Å². The molecule has 4 rings (SSSR count). The van der Waals surface area contributed by atoms with Crippen LogP contribution in [0.3, 0.4) is 0 Å². The van der Waals surface area contributed by atoms with Crippen LogP contribution in [-0.4, -0.2) is 44.2 Å². The highest BCUT2D eigenvalue weighted by atomic mass is 32.2. The zero-order valence-corrected chi connectivity index (χ0v) is 21.4. The number of carbonyl (C=O) groups excluding carboxylic acids is 2. The summed E-state index contributed by atoms with van der Waals surface area (Å²) in [5.74, 6) is -1.43. The first-order valence-electron chi connectivity index (χ1n) is 12.4. The second-order valence-corrected chi connectivity index (χ2v) is 11.5. The van der Waals surface area contributed by atoms with Crippen LogP contribution in [0, 0.1) is 12.8 Å². The molecule has 190 valence electrons. The number of hydrogen-bond acceptors (Lipinski definition) is 4. The Bertz CT molecular complexity index is 1340. The zero-order chi connectivity index (χ0) is 25.7. The molecule has 2 N–H and O–H groups in total. The molecule has 0 saturated carbocycles. The van der Waals surface area contributed by atoms with E-state index in [9.17, 15) is 18.0 Å². The summed E-state index contributed by atoms with van der Waals surface area (Å²) in [5, 5.41) is 1.93. The number of aryl methyl sites for hydroxylation is 1. The number of carbonyl (C=O) groups is 2. The Morgan fingerprint density at radius 2 is 1.72 bits per heavy atom. The first-order valence-corrected chi connectivity index (χ1v) is 13.9. The van der Waals surface area contributed by atoms with Gasteiger partial charge in [-0.25, -0.2) is 8.42 Å². The molecule has 8 heteroatoms. The standard InChI is InChI=1S/C28H33N3O4S/c1-21-11-14-25(15-12-21)31(28(33)27(29)32)18-5-4-7-22-8-6-17-30(20-22)36(34,35)26-16-13-23-9-2-3-10-24(23)19-26/h2-3,9-16,19,22H,4-8,17-18,20H2,1H3,(H2,29,32). The van der Waals surface area contributed by atoms with E-state index < -0.39 is 21.8 Å². The van der Waals surface area contributed by atoms with Crippen LogP contribution in [-0.2, 0) is 19.6 Å². The quantitative estimate of drug-likeness (QED) is 0.364. The molecule has 1 aliphatic rings. The van der Waals surface area contributed by atoms with Crippen molar-refractivity contribution in [2.24, 2.45) is 11.7 Å². The summed E-state index contributed by atoms with van der Waals surface area (Å²) in [7, 11) is -3.56. The third kappa shape index (κ3) is 5.94. The number of amides is 2. The van der Waals surface area contributed by atoms with Gasteiger partial charge in [0.2, 0.25) is 10.0 Å². The maximum absolute atomic E-state index is 13.4. The topological polar surface area (TPSA) is 101 Å².